The Morgan fingerprint density at radius 3 is 1.96 bits per heavy atom. The van der Waals surface area contributed by atoms with Crippen LogP contribution in [0.3, 0.4) is 0 Å². The fourth-order valence-electron chi connectivity index (χ4n) is 2.31. The molecule has 1 amide bonds. The second kappa shape index (κ2) is 10.1. The Morgan fingerprint density at radius 2 is 1.57 bits per heavy atom. The molecule has 0 unspecified atom stereocenters. The predicted molar refractivity (Wildman–Crippen MR) is 91.9 cm³/mol. The van der Waals surface area contributed by atoms with Crippen LogP contribution < -0.4 is 0 Å². The minimum atomic E-state index is -0.422. The van der Waals surface area contributed by atoms with Gasteiger partial charge in [-0.05, 0) is 46.1 Å². The summed E-state index contributed by atoms with van der Waals surface area (Å²) in [5, 5.41) is 0. The maximum Gasteiger partial charge on any atom is 0.415 e. The maximum absolute atomic E-state index is 12.3. The largest absolute Gasteiger partial charge is 0.469 e. The van der Waals surface area contributed by atoms with E-state index in [2.05, 4.69) is 0 Å². The van der Waals surface area contributed by atoms with Crippen LogP contribution in [0.15, 0.2) is 23.5 Å². The third kappa shape index (κ3) is 7.86. The van der Waals surface area contributed by atoms with Gasteiger partial charge in [-0.25, -0.2) is 4.79 Å². The lowest BCUT2D eigenvalue weighted by molar-refractivity contribution is -0.139. The van der Waals surface area contributed by atoms with E-state index in [0.717, 1.165) is 5.57 Å². The Morgan fingerprint density at radius 1 is 1.04 bits per heavy atom. The molecule has 23 heavy (non-hydrogen) atoms. The van der Waals surface area contributed by atoms with Crippen LogP contribution >= 0.6 is 0 Å². The molecule has 0 heterocycles. The van der Waals surface area contributed by atoms with Crippen molar-refractivity contribution >= 4 is 12.1 Å². The van der Waals surface area contributed by atoms with E-state index >= 15 is 0 Å². The molecule has 5 nitrogen and oxygen atoms in total. The van der Waals surface area contributed by atoms with Gasteiger partial charge in [0.15, 0.2) is 0 Å². The SMILES string of the molecule is COC(=O)CC(=C\OC(=O)N(C(C)C)C(C)C)/C(C)=C/C(C)C. The van der Waals surface area contributed by atoms with Gasteiger partial charge in [0, 0.05) is 17.7 Å². The van der Waals surface area contributed by atoms with E-state index in [0.29, 0.717) is 11.5 Å². The van der Waals surface area contributed by atoms with Gasteiger partial charge in [0.2, 0.25) is 0 Å². The zero-order chi connectivity index (χ0) is 18.2. The highest BCUT2D eigenvalue weighted by atomic mass is 16.5. The Balaban J connectivity index is 5.28. The zero-order valence-electron chi connectivity index (χ0n) is 15.7. The quantitative estimate of drug-likeness (QED) is 0.398. The monoisotopic (exact) mass is 325 g/mol. The number of hydrogen-bond donors (Lipinski definition) is 0. The van der Waals surface area contributed by atoms with Crippen LogP contribution in [-0.4, -0.2) is 36.2 Å². The average Bonchev–Trinajstić information content (AvgIpc) is 2.41. The van der Waals surface area contributed by atoms with E-state index in [1.165, 1.54) is 13.4 Å². The van der Waals surface area contributed by atoms with Crippen molar-refractivity contribution in [3.8, 4) is 0 Å². The summed E-state index contributed by atoms with van der Waals surface area (Å²) < 4.78 is 10.0. The Kier molecular flexibility index (Phi) is 9.30. The summed E-state index contributed by atoms with van der Waals surface area (Å²) in [6, 6.07) is 0.0690. The third-order valence-corrected chi connectivity index (χ3v) is 3.28. The first-order chi connectivity index (χ1) is 10.6. The molecule has 0 saturated carbocycles. The van der Waals surface area contributed by atoms with Crippen molar-refractivity contribution < 1.29 is 19.1 Å². The minimum absolute atomic E-state index is 0.0345. The lowest BCUT2D eigenvalue weighted by atomic mass is 10.0. The molecule has 0 bridgehead atoms. The summed E-state index contributed by atoms with van der Waals surface area (Å²) in [6.45, 7) is 13.7. The van der Waals surface area contributed by atoms with Crippen LogP contribution in [0.1, 0.15) is 54.9 Å². The van der Waals surface area contributed by atoms with Crippen molar-refractivity contribution in [1.29, 1.82) is 0 Å². The molecule has 0 aromatic rings. The fourth-order valence-corrected chi connectivity index (χ4v) is 2.31. The molecular weight excluding hydrogens is 294 g/mol. The topological polar surface area (TPSA) is 55.8 Å². The Hall–Kier alpha value is -1.78. The molecule has 0 atom stereocenters. The molecule has 0 radical (unpaired) electrons. The van der Waals surface area contributed by atoms with Gasteiger partial charge < -0.3 is 14.4 Å². The van der Waals surface area contributed by atoms with Crippen LogP contribution in [-0.2, 0) is 14.3 Å². The van der Waals surface area contributed by atoms with Crippen molar-refractivity contribution in [2.45, 2.75) is 67.0 Å². The molecule has 5 heteroatoms. The zero-order valence-corrected chi connectivity index (χ0v) is 15.7. The second-order valence-electron chi connectivity index (χ2n) is 6.47. The molecule has 0 aliphatic heterocycles. The van der Waals surface area contributed by atoms with Crippen molar-refractivity contribution in [3.05, 3.63) is 23.5 Å². The molecule has 0 saturated heterocycles. The summed E-state index contributed by atoms with van der Waals surface area (Å²) in [5.41, 5.74) is 1.55. The van der Waals surface area contributed by atoms with Gasteiger partial charge in [-0.2, -0.15) is 0 Å². The van der Waals surface area contributed by atoms with Crippen molar-refractivity contribution in [2.75, 3.05) is 7.11 Å². The molecule has 0 N–H and O–H groups in total. The Bertz CT molecular complexity index is 454. The Labute approximate surface area is 140 Å². The fraction of sp³-hybridized carbons (Fsp3) is 0.667. The van der Waals surface area contributed by atoms with Gasteiger partial charge in [-0.15, -0.1) is 0 Å². The second-order valence-corrected chi connectivity index (χ2v) is 6.47. The van der Waals surface area contributed by atoms with Crippen LogP contribution in [0.25, 0.3) is 0 Å². The molecule has 0 spiro atoms. The van der Waals surface area contributed by atoms with Crippen LogP contribution in [0.2, 0.25) is 0 Å². The first kappa shape index (κ1) is 21.2. The molecule has 0 aromatic carbocycles. The van der Waals surface area contributed by atoms with Crippen molar-refractivity contribution in [2.24, 2.45) is 5.92 Å². The molecule has 132 valence electrons. The van der Waals surface area contributed by atoms with Gasteiger partial charge >= 0.3 is 12.1 Å². The van der Waals surface area contributed by atoms with Crippen LogP contribution in [0.4, 0.5) is 4.79 Å². The van der Waals surface area contributed by atoms with Crippen molar-refractivity contribution in [3.63, 3.8) is 0 Å². The van der Waals surface area contributed by atoms with Gasteiger partial charge in [0.05, 0.1) is 13.5 Å². The highest BCUT2D eigenvalue weighted by Crippen LogP contribution is 2.18. The van der Waals surface area contributed by atoms with Gasteiger partial charge in [0.1, 0.15) is 6.26 Å². The van der Waals surface area contributed by atoms with E-state index in [9.17, 15) is 9.59 Å². The number of rotatable bonds is 7. The van der Waals surface area contributed by atoms with E-state index in [-0.39, 0.29) is 24.5 Å². The van der Waals surface area contributed by atoms with E-state index < -0.39 is 6.09 Å². The smallest absolute Gasteiger partial charge is 0.415 e. The lowest BCUT2D eigenvalue weighted by Gasteiger charge is -2.29. The van der Waals surface area contributed by atoms with Gasteiger partial charge in [-0.1, -0.05) is 19.9 Å². The molecule has 0 aromatic heterocycles. The summed E-state index contributed by atoms with van der Waals surface area (Å²) in [6.07, 6.45) is 3.04. The van der Waals surface area contributed by atoms with E-state index in [1.54, 1.807) is 4.90 Å². The predicted octanol–water partition coefficient (Wildman–Crippen LogP) is 4.29. The summed E-state index contributed by atoms with van der Waals surface area (Å²) in [5.74, 6) is -0.0389. The molecule has 0 aliphatic rings. The number of nitrogens with zero attached hydrogens (tertiary/aromatic N) is 1. The normalized spacial score (nSPS) is 12.8. The number of esters is 1. The number of carbonyl (C=O) groups excluding carboxylic acids is 2. The van der Waals surface area contributed by atoms with Crippen molar-refractivity contribution in [1.82, 2.24) is 4.90 Å². The van der Waals surface area contributed by atoms with Crippen LogP contribution in [0.5, 0.6) is 0 Å². The number of amides is 1. The summed E-state index contributed by atoms with van der Waals surface area (Å²) >= 11 is 0. The lowest BCUT2D eigenvalue weighted by Crippen LogP contribution is -2.41. The highest BCUT2D eigenvalue weighted by Gasteiger charge is 2.21. The summed E-state index contributed by atoms with van der Waals surface area (Å²) in [7, 11) is 1.34. The van der Waals surface area contributed by atoms with Crippen LogP contribution in [0, 0.1) is 5.92 Å². The standard InChI is InChI=1S/C18H31NO4/c1-12(2)9-15(7)16(10-17(20)22-8)11-23-18(21)19(13(3)4)14(5)6/h9,11-14H,10H2,1-8H3/b15-9+,16-11+. The molecule has 0 rings (SSSR count). The van der Waals surface area contributed by atoms with E-state index in [4.69, 9.17) is 9.47 Å². The van der Waals surface area contributed by atoms with Gasteiger partial charge in [-0.3, -0.25) is 4.79 Å². The number of methoxy groups -OCH3 is 1. The first-order valence-corrected chi connectivity index (χ1v) is 8.03. The minimum Gasteiger partial charge on any atom is -0.469 e. The molecule has 0 fully saturated rings. The number of carbonyl (C=O) groups is 2. The van der Waals surface area contributed by atoms with Gasteiger partial charge in [0.25, 0.3) is 0 Å². The highest BCUT2D eigenvalue weighted by molar-refractivity contribution is 5.74. The summed E-state index contributed by atoms with van der Waals surface area (Å²) in [4.78, 5) is 25.5. The number of allylic oxidation sites excluding steroid dienone is 2. The maximum atomic E-state index is 12.3. The molecular formula is C18H31NO4. The number of ether oxygens (including phenoxy) is 2. The van der Waals surface area contributed by atoms with E-state index in [1.807, 2.05) is 54.5 Å². The third-order valence-electron chi connectivity index (χ3n) is 3.28. The first-order valence-electron chi connectivity index (χ1n) is 8.03. The molecule has 0 aliphatic carbocycles. The average molecular weight is 325 g/mol. The number of hydrogen-bond acceptors (Lipinski definition) is 4.